The van der Waals surface area contributed by atoms with E-state index in [1.807, 2.05) is 24.3 Å². The smallest absolute Gasteiger partial charge is 0.258 e. The van der Waals surface area contributed by atoms with Crippen LogP contribution in [0.4, 0.5) is 0 Å². The second kappa shape index (κ2) is 7.83. The van der Waals surface area contributed by atoms with Gasteiger partial charge in [-0.25, -0.2) is 0 Å². The topological polar surface area (TPSA) is 64.6 Å². The van der Waals surface area contributed by atoms with Gasteiger partial charge in [-0.2, -0.15) is 0 Å². The number of ether oxygens (including phenoxy) is 2. The van der Waals surface area contributed by atoms with Crippen LogP contribution in [0.1, 0.15) is 34.8 Å². The van der Waals surface area contributed by atoms with Gasteiger partial charge >= 0.3 is 0 Å². The van der Waals surface area contributed by atoms with Crippen molar-refractivity contribution in [1.82, 2.24) is 5.32 Å². The van der Waals surface area contributed by atoms with E-state index in [4.69, 9.17) is 9.47 Å². The molecule has 25 heavy (non-hydrogen) atoms. The van der Waals surface area contributed by atoms with Crippen LogP contribution in [0.2, 0.25) is 0 Å². The first kappa shape index (κ1) is 17.0. The lowest BCUT2D eigenvalue weighted by molar-refractivity contribution is -0.124. The molecule has 1 N–H and O–H groups in total. The van der Waals surface area contributed by atoms with Crippen LogP contribution in [-0.4, -0.2) is 25.9 Å². The minimum atomic E-state index is -0.160. The Kier molecular flexibility index (Phi) is 5.33. The predicted molar refractivity (Wildman–Crippen MR) is 93.9 cm³/mol. The van der Waals surface area contributed by atoms with Gasteiger partial charge in [0.15, 0.2) is 6.61 Å². The Morgan fingerprint density at radius 1 is 1.12 bits per heavy atom. The lowest BCUT2D eigenvalue weighted by Crippen LogP contribution is -2.33. The van der Waals surface area contributed by atoms with Crippen LogP contribution in [-0.2, 0) is 4.79 Å². The lowest BCUT2D eigenvalue weighted by atomic mass is 10.0. The molecule has 0 bridgehead atoms. The van der Waals surface area contributed by atoms with Gasteiger partial charge < -0.3 is 14.8 Å². The Hall–Kier alpha value is -2.82. The average Bonchev–Trinajstić information content (AvgIpc) is 3.50. The molecule has 1 fully saturated rings. The number of carbonyl (C=O) groups is 2. The van der Waals surface area contributed by atoms with Crippen molar-refractivity contribution in [3.8, 4) is 11.5 Å². The van der Waals surface area contributed by atoms with E-state index in [1.165, 1.54) is 0 Å². The van der Waals surface area contributed by atoms with Crippen LogP contribution in [0, 0.1) is 5.92 Å². The maximum Gasteiger partial charge on any atom is 0.258 e. The van der Waals surface area contributed by atoms with Gasteiger partial charge in [0.25, 0.3) is 5.91 Å². The van der Waals surface area contributed by atoms with E-state index in [1.54, 1.807) is 31.4 Å². The second-order valence-electron chi connectivity index (χ2n) is 6.13. The summed E-state index contributed by atoms with van der Waals surface area (Å²) in [6.45, 7) is -0.0557. The number of aldehydes is 1. The summed E-state index contributed by atoms with van der Waals surface area (Å²) in [5.41, 5.74) is 1.65. The molecule has 1 saturated carbocycles. The molecule has 130 valence electrons. The molecule has 0 aliphatic heterocycles. The summed E-state index contributed by atoms with van der Waals surface area (Å²) < 4.78 is 10.7. The molecule has 0 heterocycles. The fraction of sp³-hybridized carbons (Fsp3) is 0.300. The van der Waals surface area contributed by atoms with E-state index in [0.29, 0.717) is 17.2 Å². The first-order valence-electron chi connectivity index (χ1n) is 8.31. The molecule has 0 saturated heterocycles. The zero-order chi connectivity index (χ0) is 17.6. The molecule has 5 nitrogen and oxygen atoms in total. The minimum absolute atomic E-state index is 0.000514. The van der Waals surface area contributed by atoms with Gasteiger partial charge in [-0.15, -0.1) is 0 Å². The third-order valence-corrected chi connectivity index (χ3v) is 4.27. The Morgan fingerprint density at radius 3 is 2.32 bits per heavy atom. The van der Waals surface area contributed by atoms with Gasteiger partial charge in [-0.05, 0) is 60.7 Å². The van der Waals surface area contributed by atoms with Crippen molar-refractivity contribution < 1.29 is 19.1 Å². The average molecular weight is 339 g/mol. The largest absolute Gasteiger partial charge is 0.497 e. The number of amides is 1. The molecule has 1 atom stereocenters. The molecular weight excluding hydrogens is 318 g/mol. The van der Waals surface area contributed by atoms with Crippen molar-refractivity contribution >= 4 is 12.2 Å². The number of benzene rings is 2. The Labute approximate surface area is 147 Å². The van der Waals surface area contributed by atoms with E-state index in [0.717, 1.165) is 30.4 Å². The lowest BCUT2D eigenvalue weighted by Gasteiger charge is -2.19. The highest BCUT2D eigenvalue weighted by Gasteiger charge is 2.33. The summed E-state index contributed by atoms with van der Waals surface area (Å²) in [6, 6.07) is 14.5. The van der Waals surface area contributed by atoms with Gasteiger partial charge in [0.1, 0.15) is 17.8 Å². The van der Waals surface area contributed by atoms with Crippen molar-refractivity contribution in [2.75, 3.05) is 13.7 Å². The summed E-state index contributed by atoms with van der Waals surface area (Å²) >= 11 is 0. The van der Waals surface area contributed by atoms with E-state index in [2.05, 4.69) is 5.32 Å². The SMILES string of the molecule is COc1ccc(C(NC(=O)COc2ccc(C=O)cc2)C2CC2)cc1. The molecule has 1 unspecified atom stereocenters. The van der Waals surface area contributed by atoms with Crippen LogP contribution >= 0.6 is 0 Å². The first-order valence-corrected chi connectivity index (χ1v) is 8.31. The molecule has 2 aromatic rings. The van der Waals surface area contributed by atoms with Crippen molar-refractivity contribution in [2.24, 2.45) is 5.92 Å². The number of nitrogens with one attached hydrogen (secondary N) is 1. The highest BCUT2D eigenvalue weighted by atomic mass is 16.5. The maximum absolute atomic E-state index is 12.3. The number of methoxy groups -OCH3 is 1. The summed E-state index contributed by atoms with van der Waals surface area (Å²) in [5.74, 6) is 1.68. The third kappa shape index (κ3) is 4.59. The molecule has 1 amide bonds. The summed E-state index contributed by atoms with van der Waals surface area (Å²) in [4.78, 5) is 22.9. The molecule has 2 aromatic carbocycles. The highest BCUT2D eigenvalue weighted by molar-refractivity contribution is 5.78. The third-order valence-electron chi connectivity index (χ3n) is 4.27. The van der Waals surface area contributed by atoms with Crippen LogP contribution in [0.5, 0.6) is 11.5 Å². The molecular formula is C20H21NO4. The van der Waals surface area contributed by atoms with Crippen LogP contribution < -0.4 is 14.8 Å². The zero-order valence-electron chi connectivity index (χ0n) is 14.1. The quantitative estimate of drug-likeness (QED) is 0.751. The van der Waals surface area contributed by atoms with Crippen LogP contribution in [0.15, 0.2) is 48.5 Å². The summed E-state index contributed by atoms with van der Waals surface area (Å²) in [6.07, 6.45) is 3.00. The standard InChI is InChI=1S/C20H21NO4/c1-24-17-10-6-16(7-11-17)20(15-4-5-15)21-19(23)13-25-18-8-2-14(12-22)3-9-18/h2-3,6-12,15,20H,4-5,13H2,1H3,(H,21,23). The number of hydrogen-bond acceptors (Lipinski definition) is 4. The predicted octanol–water partition coefficient (Wildman–Crippen LogP) is 3.15. The molecule has 0 aromatic heterocycles. The fourth-order valence-corrected chi connectivity index (χ4v) is 2.72. The van der Waals surface area contributed by atoms with E-state index >= 15 is 0 Å². The molecule has 0 spiro atoms. The monoisotopic (exact) mass is 339 g/mol. The van der Waals surface area contributed by atoms with E-state index in [-0.39, 0.29) is 18.6 Å². The Morgan fingerprint density at radius 2 is 1.76 bits per heavy atom. The summed E-state index contributed by atoms with van der Waals surface area (Å²) in [7, 11) is 1.63. The van der Waals surface area contributed by atoms with Gasteiger partial charge in [0.2, 0.25) is 0 Å². The second-order valence-corrected chi connectivity index (χ2v) is 6.13. The van der Waals surface area contributed by atoms with E-state index < -0.39 is 0 Å². The number of rotatable bonds is 8. The van der Waals surface area contributed by atoms with Crippen molar-refractivity contribution in [1.29, 1.82) is 0 Å². The van der Waals surface area contributed by atoms with Crippen molar-refractivity contribution in [3.05, 3.63) is 59.7 Å². The molecule has 0 radical (unpaired) electrons. The number of hydrogen-bond donors (Lipinski definition) is 1. The van der Waals surface area contributed by atoms with Crippen molar-refractivity contribution in [3.63, 3.8) is 0 Å². The molecule has 1 aliphatic rings. The van der Waals surface area contributed by atoms with Gasteiger partial charge in [0.05, 0.1) is 13.2 Å². The Bertz CT molecular complexity index is 720. The zero-order valence-corrected chi connectivity index (χ0v) is 14.1. The van der Waals surface area contributed by atoms with Gasteiger partial charge in [0, 0.05) is 5.56 Å². The highest BCUT2D eigenvalue weighted by Crippen LogP contribution is 2.41. The fourth-order valence-electron chi connectivity index (χ4n) is 2.72. The molecule has 1 aliphatic carbocycles. The summed E-state index contributed by atoms with van der Waals surface area (Å²) in [5, 5.41) is 3.06. The van der Waals surface area contributed by atoms with E-state index in [9.17, 15) is 9.59 Å². The van der Waals surface area contributed by atoms with Gasteiger partial charge in [-0.3, -0.25) is 9.59 Å². The normalized spacial score (nSPS) is 14.4. The molecule has 5 heteroatoms. The van der Waals surface area contributed by atoms with Gasteiger partial charge in [-0.1, -0.05) is 12.1 Å². The maximum atomic E-state index is 12.3. The van der Waals surface area contributed by atoms with Crippen LogP contribution in [0.3, 0.4) is 0 Å². The minimum Gasteiger partial charge on any atom is -0.497 e. The number of carbonyl (C=O) groups excluding carboxylic acids is 2. The molecule has 3 rings (SSSR count). The van der Waals surface area contributed by atoms with Crippen molar-refractivity contribution in [2.45, 2.75) is 18.9 Å². The Balaban J connectivity index is 1.57. The first-order chi connectivity index (χ1) is 12.2. The van der Waals surface area contributed by atoms with Crippen LogP contribution in [0.25, 0.3) is 0 Å².